The molecule has 0 atom stereocenters. The molecular formula is C19H11F6N5O. The Morgan fingerprint density at radius 2 is 1.45 bits per heavy atom. The number of nitriles is 2. The molecule has 2 aromatic carbocycles. The minimum atomic E-state index is -4.80. The van der Waals surface area contributed by atoms with Crippen LogP contribution in [0.3, 0.4) is 0 Å². The summed E-state index contributed by atoms with van der Waals surface area (Å²) in [6.07, 6.45) is -9.82. The molecule has 0 fully saturated rings. The lowest BCUT2D eigenvalue weighted by molar-refractivity contribution is -0.138. The maximum atomic E-state index is 13.1. The lowest BCUT2D eigenvalue weighted by Crippen LogP contribution is -2.25. The van der Waals surface area contributed by atoms with E-state index in [4.69, 9.17) is 5.26 Å². The third-order valence-corrected chi connectivity index (χ3v) is 3.90. The molecule has 31 heavy (non-hydrogen) atoms. The Bertz CT molecular complexity index is 1110. The maximum Gasteiger partial charge on any atom is 0.416 e. The van der Waals surface area contributed by atoms with Crippen LogP contribution >= 0.6 is 0 Å². The van der Waals surface area contributed by atoms with Gasteiger partial charge in [-0.2, -0.15) is 41.9 Å². The highest BCUT2D eigenvalue weighted by Gasteiger charge is 2.33. The lowest BCUT2D eigenvalue weighted by Gasteiger charge is -2.18. The first-order valence-electron chi connectivity index (χ1n) is 8.39. The van der Waals surface area contributed by atoms with Crippen molar-refractivity contribution in [1.29, 1.82) is 10.5 Å². The largest absolute Gasteiger partial charge is 0.416 e. The van der Waals surface area contributed by atoms with Crippen LogP contribution in [0.15, 0.2) is 46.7 Å². The molecule has 1 amide bonds. The van der Waals surface area contributed by atoms with Gasteiger partial charge < -0.3 is 0 Å². The molecule has 0 saturated heterocycles. The Hall–Kier alpha value is -3.93. The van der Waals surface area contributed by atoms with Gasteiger partial charge in [0.25, 0.3) is 0 Å². The maximum absolute atomic E-state index is 13.1. The minimum absolute atomic E-state index is 0.270. The van der Waals surface area contributed by atoms with E-state index in [1.165, 1.54) is 6.92 Å². The lowest BCUT2D eigenvalue weighted by atomic mass is 10.1. The number of carbonyl (C=O) groups is 1. The minimum Gasteiger partial charge on any atom is -0.273 e. The molecule has 0 aliphatic rings. The molecule has 0 radical (unpaired) electrons. The SMILES string of the molecule is CCC(=O)N(N=Nc1cc(C(F)(F)F)ccc1C#N)c1cc(C(F)(F)F)ccc1C#N. The molecule has 0 saturated carbocycles. The number of halogens is 6. The number of carbonyl (C=O) groups excluding carboxylic acids is 1. The smallest absolute Gasteiger partial charge is 0.273 e. The molecule has 0 spiro atoms. The number of hydrogen-bond acceptors (Lipinski definition) is 5. The third-order valence-electron chi connectivity index (χ3n) is 3.90. The second kappa shape index (κ2) is 8.83. The molecule has 12 heteroatoms. The molecule has 0 aliphatic heterocycles. The van der Waals surface area contributed by atoms with Crippen LogP contribution in [0.25, 0.3) is 0 Å². The van der Waals surface area contributed by atoms with E-state index in [9.17, 15) is 36.4 Å². The number of hydrogen-bond donors (Lipinski definition) is 0. The van der Waals surface area contributed by atoms with Crippen LogP contribution in [0.5, 0.6) is 0 Å². The van der Waals surface area contributed by atoms with Crippen LogP contribution < -0.4 is 5.01 Å². The van der Waals surface area contributed by atoms with E-state index in [0.717, 1.165) is 12.1 Å². The summed E-state index contributed by atoms with van der Waals surface area (Å²) in [5.74, 6) is -0.884. The van der Waals surface area contributed by atoms with Crippen molar-refractivity contribution < 1.29 is 31.1 Å². The van der Waals surface area contributed by atoms with Gasteiger partial charge in [0, 0.05) is 6.42 Å². The van der Waals surface area contributed by atoms with Crippen molar-refractivity contribution in [3.8, 4) is 12.1 Å². The number of nitrogens with zero attached hydrogens (tertiary/aromatic N) is 5. The molecule has 0 aliphatic carbocycles. The summed E-state index contributed by atoms with van der Waals surface area (Å²) in [6.45, 7) is 1.36. The number of amides is 1. The standard InChI is InChI=1S/C19H11F6N5O/c1-2-17(31)30(16-8-14(19(23,24)25)6-4-12(16)10-27)29-28-15-7-13(18(20,21)22)5-3-11(15)9-26/h3-8H,2H2,1H3. The fourth-order valence-corrected chi connectivity index (χ4v) is 2.34. The summed E-state index contributed by atoms with van der Waals surface area (Å²) in [7, 11) is 0. The van der Waals surface area contributed by atoms with Crippen molar-refractivity contribution in [2.45, 2.75) is 25.7 Å². The van der Waals surface area contributed by atoms with Gasteiger partial charge in [0.1, 0.15) is 17.8 Å². The monoisotopic (exact) mass is 439 g/mol. The van der Waals surface area contributed by atoms with Gasteiger partial charge in [0.2, 0.25) is 5.91 Å². The van der Waals surface area contributed by atoms with Gasteiger partial charge in [-0.1, -0.05) is 12.1 Å². The topological polar surface area (TPSA) is 92.6 Å². The van der Waals surface area contributed by atoms with Crippen LogP contribution in [0.4, 0.5) is 37.7 Å². The number of alkyl halides is 6. The Kier molecular flexibility index (Phi) is 6.65. The van der Waals surface area contributed by atoms with Gasteiger partial charge in [-0.05, 0) is 36.4 Å². The normalized spacial score (nSPS) is 11.8. The summed E-state index contributed by atoms with van der Waals surface area (Å²) >= 11 is 0. The van der Waals surface area contributed by atoms with Crippen LogP contribution in [0, 0.1) is 22.7 Å². The zero-order chi connectivity index (χ0) is 23.4. The van der Waals surface area contributed by atoms with Crippen LogP contribution in [0.1, 0.15) is 35.6 Å². The van der Waals surface area contributed by atoms with Crippen LogP contribution in [-0.4, -0.2) is 5.91 Å². The van der Waals surface area contributed by atoms with E-state index >= 15 is 0 Å². The van der Waals surface area contributed by atoms with Gasteiger partial charge in [-0.15, -0.1) is 5.11 Å². The molecule has 0 heterocycles. The molecule has 160 valence electrons. The Morgan fingerprint density at radius 1 is 0.935 bits per heavy atom. The average molecular weight is 439 g/mol. The Balaban J connectivity index is 2.64. The first-order chi connectivity index (χ1) is 14.4. The molecule has 0 N–H and O–H groups in total. The van der Waals surface area contributed by atoms with E-state index in [2.05, 4.69) is 10.3 Å². The second-order valence-corrected chi connectivity index (χ2v) is 5.93. The van der Waals surface area contributed by atoms with E-state index < -0.39 is 40.8 Å². The number of benzene rings is 2. The van der Waals surface area contributed by atoms with Gasteiger partial charge in [-0.3, -0.25) is 4.79 Å². The molecule has 2 aromatic rings. The highest BCUT2D eigenvalue weighted by molar-refractivity contribution is 5.93. The summed E-state index contributed by atoms with van der Waals surface area (Å²) in [4.78, 5) is 12.3. The van der Waals surface area contributed by atoms with Gasteiger partial charge >= 0.3 is 12.4 Å². The van der Waals surface area contributed by atoms with Crippen molar-refractivity contribution in [1.82, 2.24) is 0 Å². The van der Waals surface area contributed by atoms with Gasteiger partial charge in [-0.25, -0.2) is 0 Å². The number of rotatable bonds is 4. The quantitative estimate of drug-likeness (QED) is 0.337. The summed E-state index contributed by atoms with van der Waals surface area (Å²) < 4.78 is 78.0. The summed E-state index contributed by atoms with van der Waals surface area (Å²) in [6, 6.07) is 7.19. The average Bonchev–Trinajstić information content (AvgIpc) is 2.71. The highest BCUT2D eigenvalue weighted by atomic mass is 19.4. The van der Waals surface area contributed by atoms with Crippen molar-refractivity contribution in [3.05, 3.63) is 58.7 Å². The first-order valence-corrected chi connectivity index (χ1v) is 8.39. The molecule has 0 unspecified atom stereocenters. The summed E-state index contributed by atoms with van der Waals surface area (Å²) in [5, 5.41) is 25.6. The van der Waals surface area contributed by atoms with E-state index in [-0.39, 0.29) is 17.5 Å². The fourth-order valence-electron chi connectivity index (χ4n) is 2.34. The molecule has 0 aromatic heterocycles. The van der Waals surface area contributed by atoms with Crippen molar-refractivity contribution in [2.75, 3.05) is 5.01 Å². The Morgan fingerprint density at radius 3 is 1.94 bits per heavy atom. The zero-order valence-electron chi connectivity index (χ0n) is 15.6. The van der Waals surface area contributed by atoms with Gasteiger partial charge in [0.05, 0.1) is 27.9 Å². The highest BCUT2D eigenvalue weighted by Crippen LogP contribution is 2.35. The van der Waals surface area contributed by atoms with Gasteiger partial charge in [0.15, 0.2) is 0 Å². The van der Waals surface area contributed by atoms with Crippen LogP contribution in [-0.2, 0) is 17.1 Å². The fraction of sp³-hybridized carbons (Fsp3) is 0.211. The molecule has 6 nitrogen and oxygen atoms in total. The van der Waals surface area contributed by atoms with Crippen molar-refractivity contribution in [3.63, 3.8) is 0 Å². The first kappa shape index (κ1) is 23.3. The molecule has 2 rings (SSSR count). The number of anilines is 1. The van der Waals surface area contributed by atoms with Crippen molar-refractivity contribution >= 4 is 17.3 Å². The van der Waals surface area contributed by atoms with E-state index in [1.54, 1.807) is 12.1 Å². The van der Waals surface area contributed by atoms with Crippen molar-refractivity contribution in [2.24, 2.45) is 10.3 Å². The van der Waals surface area contributed by atoms with E-state index in [1.807, 2.05) is 0 Å². The molecular weight excluding hydrogens is 428 g/mol. The predicted octanol–water partition coefficient (Wildman–Crippen LogP) is 5.91. The van der Waals surface area contributed by atoms with Crippen LogP contribution in [0.2, 0.25) is 0 Å². The summed E-state index contributed by atoms with van der Waals surface area (Å²) in [5.41, 5.74) is -4.10. The zero-order valence-corrected chi connectivity index (χ0v) is 15.6. The second-order valence-electron chi connectivity index (χ2n) is 5.93. The third kappa shape index (κ3) is 5.36. The van der Waals surface area contributed by atoms with E-state index in [0.29, 0.717) is 29.3 Å². The predicted molar refractivity (Wildman–Crippen MR) is 94.6 cm³/mol. The Labute approximate surface area is 171 Å². The molecule has 0 bridgehead atoms.